The highest BCUT2D eigenvalue weighted by Gasteiger charge is 2.25. The van der Waals surface area contributed by atoms with Gasteiger partial charge in [-0.2, -0.15) is 0 Å². The highest BCUT2D eigenvalue weighted by molar-refractivity contribution is 5.67. The van der Waals surface area contributed by atoms with Gasteiger partial charge in [-0.15, -0.1) is 10.2 Å². The molecule has 0 atom stereocenters. The second kappa shape index (κ2) is 5.63. The molecule has 0 spiro atoms. The lowest BCUT2D eigenvalue weighted by Gasteiger charge is -2.19. The van der Waals surface area contributed by atoms with Gasteiger partial charge in [0.1, 0.15) is 5.82 Å². The monoisotopic (exact) mass is 292 g/mol. The lowest BCUT2D eigenvalue weighted by Crippen LogP contribution is -2.19. The first-order valence-corrected chi connectivity index (χ1v) is 6.57. The Morgan fingerprint density at radius 2 is 2.10 bits per heavy atom. The number of halogens is 1. The fraction of sp³-hybridized carbons (Fsp3) is 0.400. The minimum atomic E-state index is -0.874. The van der Waals surface area contributed by atoms with Crippen LogP contribution in [0.5, 0.6) is 0 Å². The third-order valence-corrected chi connectivity index (χ3v) is 3.16. The maximum absolute atomic E-state index is 13.3. The summed E-state index contributed by atoms with van der Waals surface area (Å²) in [6.07, 6.45) is 0.352. The smallest absolute Gasteiger partial charge is 0.303 e. The van der Waals surface area contributed by atoms with E-state index in [4.69, 9.17) is 9.52 Å². The molecule has 0 saturated heterocycles. The Kier molecular flexibility index (Phi) is 4.06. The molecule has 0 amide bonds. The first-order chi connectivity index (χ1) is 9.77. The first kappa shape index (κ1) is 15.2. The van der Waals surface area contributed by atoms with Gasteiger partial charge in [0.15, 0.2) is 0 Å². The number of benzene rings is 1. The van der Waals surface area contributed by atoms with E-state index in [-0.39, 0.29) is 18.1 Å². The number of carboxylic acids is 1. The number of carbonyl (C=O) groups is 1. The molecule has 0 aliphatic carbocycles. The van der Waals surface area contributed by atoms with Crippen molar-refractivity contribution < 1.29 is 18.7 Å². The van der Waals surface area contributed by atoms with Crippen molar-refractivity contribution in [2.75, 3.05) is 0 Å². The van der Waals surface area contributed by atoms with Crippen LogP contribution in [-0.2, 0) is 11.2 Å². The Morgan fingerprint density at radius 1 is 1.38 bits per heavy atom. The molecule has 0 aliphatic rings. The molecule has 5 nitrogen and oxygen atoms in total. The molecule has 1 aromatic carbocycles. The van der Waals surface area contributed by atoms with E-state index in [1.54, 1.807) is 6.07 Å². The molecule has 6 heteroatoms. The van der Waals surface area contributed by atoms with Gasteiger partial charge in [-0.3, -0.25) is 4.79 Å². The van der Waals surface area contributed by atoms with Gasteiger partial charge >= 0.3 is 5.97 Å². The molecule has 112 valence electrons. The van der Waals surface area contributed by atoms with Crippen LogP contribution < -0.4 is 0 Å². The van der Waals surface area contributed by atoms with Gasteiger partial charge in [0.2, 0.25) is 11.8 Å². The SMILES string of the molecule is Cc1ccc(F)cc1-c1nnc(CC(C)(C)CC(=O)O)o1. The van der Waals surface area contributed by atoms with Crippen molar-refractivity contribution in [2.24, 2.45) is 5.41 Å². The molecule has 1 aromatic heterocycles. The van der Waals surface area contributed by atoms with Crippen molar-refractivity contribution in [3.8, 4) is 11.5 Å². The number of aliphatic carboxylic acids is 1. The average molecular weight is 292 g/mol. The number of nitrogens with zero attached hydrogens (tertiary/aromatic N) is 2. The zero-order chi connectivity index (χ0) is 15.6. The minimum Gasteiger partial charge on any atom is -0.481 e. The molecule has 21 heavy (non-hydrogen) atoms. The van der Waals surface area contributed by atoms with Gasteiger partial charge in [-0.25, -0.2) is 4.39 Å². The van der Waals surface area contributed by atoms with Crippen LogP contribution in [0.4, 0.5) is 4.39 Å². The van der Waals surface area contributed by atoms with Crippen molar-refractivity contribution >= 4 is 5.97 Å². The molecule has 0 bridgehead atoms. The maximum atomic E-state index is 13.3. The van der Waals surface area contributed by atoms with Crippen molar-refractivity contribution in [3.05, 3.63) is 35.5 Å². The number of rotatable bonds is 5. The van der Waals surface area contributed by atoms with E-state index in [0.717, 1.165) is 5.56 Å². The van der Waals surface area contributed by atoms with E-state index in [1.165, 1.54) is 12.1 Å². The van der Waals surface area contributed by atoms with Crippen LogP contribution in [0, 0.1) is 18.2 Å². The van der Waals surface area contributed by atoms with E-state index in [0.29, 0.717) is 17.9 Å². The van der Waals surface area contributed by atoms with Crippen LogP contribution in [0.15, 0.2) is 22.6 Å². The van der Waals surface area contributed by atoms with Crippen LogP contribution in [0.25, 0.3) is 11.5 Å². The largest absolute Gasteiger partial charge is 0.481 e. The predicted molar refractivity (Wildman–Crippen MR) is 74.2 cm³/mol. The van der Waals surface area contributed by atoms with Gasteiger partial charge in [0, 0.05) is 12.0 Å². The zero-order valence-corrected chi connectivity index (χ0v) is 12.2. The molecular formula is C15H17FN2O3. The lowest BCUT2D eigenvalue weighted by molar-refractivity contribution is -0.139. The highest BCUT2D eigenvalue weighted by Crippen LogP contribution is 2.28. The van der Waals surface area contributed by atoms with Crippen LogP contribution >= 0.6 is 0 Å². The number of hydrogen-bond acceptors (Lipinski definition) is 4. The molecule has 0 aliphatic heterocycles. The van der Waals surface area contributed by atoms with Crippen LogP contribution in [-0.4, -0.2) is 21.3 Å². The van der Waals surface area contributed by atoms with Crippen LogP contribution in [0.1, 0.15) is 31.7 Å². The molecule has 2 rings (SSSR count). The van der Waals surface area contributed by atoms with Gasteiger partial charge in [-0.1, -0.05) is 19.9 Å². The molecule has 0 saturated carbocycles. The summed E-state index contributed by atoms with van der Waals surface area (Å²) in [7, 11) is 0. The second-order valence-corrected chi connectivity index (χ2v) is 5.87. The van der Waals surface area contributed by atoms with E-state index >= 15 is 0 Å². The molecule has 0 fully saturated rings. The third-order valence-electron chi connectivity index (χ3n) is 3.16. The number of carboxylic acid groups (broad SMARTS) is 1. The summed E-state index contributed by atoms with van der Waals surface area (Å²) < 4.78 is 18.8. The first-order valence-electron chi connectivity index (χ1n) is 6.57. The summed E-state index contributed by atoms with van der Waals surface area (Å²) in [6, 6.07) is 4.35. The molecule has 2 aromatic rings. The highest BCUT2D eigenvalue weighted by atomic mass is 19.1. The molecule has 0 unspecified atom stereocenters. The average Bonchev–Trinajstić information content (AvgIpc) is 2.78. The summed E-state index contributed by atoms with van der Waals surface area (Å²) >= 11 is 0. The summed E-state index contributed by atoms with van der Waals surface area (Å²) in [5.41, 5.74) is 0.883. The van der Waals surface area contributed by atoms with Crippen molar-refractivity contribution in [1.82, 2.24) is 10.2 Å². The molecule has 1 heterocycles. The van der Waals surface area contributed by atoms with E-state index in [2.05, 4.69) is 10.2 Å². The number of hydrogen-bond donors (Lipinski definition) is 1. The van der Waals surface area contributed by atoms with E-state index in [1.807, 2.05) is 20.8 Å². The summed E-state index contributed by atoms with van der Waals surface area (Å²) in [5.74, 6) is -0.657. The molecule has 0 radical (unpaired) electrons. The Morgan fingerprint density at radius 3 is 2.76 bits per heavy atom. The fourth-order valence-electron chi connectivity index (χ4n) is 2.14. The Balaban J connectivity index is 2.22. The normalized spacial score (nSPS) is 11.6. The summed E-state index contributed by atoms with van der Waals surface area (Å²) in [4.78, 5) is 10.8. The fourth-order valence-corrected chi connectivity index (χ4v) is 2.14. The molecular weight excluding hydrogens is 275 g/mol. The molecule has 1 N–H and O–H groups in total. The van der Waals surface area contributed by atoms with Gasteiger partial charge in [0.25, 0.3) is 0 Å². The Labute approximate surface area is 121 Å². The standard InChI is InChI=1S/C15H17FN2O3/c1-9-4-5-10(16)6-11(9)14-18-17-12(21-14)7-15(2,3)8-13(19)20/h4-6H,7-8H2,1-3H3,(H,19,20). The Bertz CT molecular complexity index is 665. The minimum absolute atomic E-state index is 0.00368. The van der Waals surface area contributed by atoms with Gasteiger partial charge < -0.3 is 9.52 Å². The predicted octanol–water partition coefficient (Wildman–Crippen LogP) is 3.23. The second-order valence-electron chi connectivity index (χ2n) is 5.87. The maximum Gasteiger partial charge on any atom is 0.303 e. The van der Waals surface area contributed by atoms with Gasteiger partial charge in [-0.05, 0) is 30.0 Å². The van der Waals surface area contributed by atoms with Crippen LogP contribution in [0.3, 0.4) is 0 Å². The van der Waals surface area contributed by atoms with E-state index in [9.17, 15) is 9.18 Å². The van der Waals surface area contributed by atoms with Gasteiger partial charge in [0.05, 0.1) is 6.42 Å². The number of aryl methyl sites for hydroxylation is 1. The Hall–Kier alpha value is -2.24. The quantitative estimate of drug-likeness (QED) is 0.915. The zero-order valence-electron chi connectivity index (χ0n) is 12.2. The van der Waals surface area contributed by atoms with Crippen molar-refractivity contribution in [1.29, 1.82) is 0 Å². The van der Waals surface area contributed by atoms with Crippen molar-refractivity contribution in [3.63, 3.8) is 0 Å². The summed E-state index contributed by atoms with van der Waals surface area (Å²) in [6.45, 7) is 5.46. The lowest BCUT2D eigenvalue weighted by atomic mass is 9.86. The van der Waals surface area contributed by atoms with E-state index < -0.39 is 11.4 Å². The van der Waals surface area contributed by atoms with Crippen molar-refractivity contribution in [2.45, 2.75) is 33.6 Å². The number of aromatic nitrogens is 2. The topological polar surface area (TPSA) is 76.2 Å². The third kappa shape index (κ3) is 3.87. The summed E-state index contributed by atoms with van der Waals surface area (Å²) in [5, 5.41) is 16.7. The van der Waals surface area contributed by atoms with Crippen LogP contribution in [0.2, 0.25) is 0 Å².